The van der Waals surface area contributed by atoms with Crippen LogP contribution in [0.1, 0.15) is 37.3 Å². The van der Waals surface area contributed by atoms with Gasteiger partial charge in [-0.25, -0.2) is 4.39 Å². The lowest BCUT2D eigenvalue weighted by Crippen LogP contribution is -2.36. The van der Waals surface area contributed by atoms with E-state index in [2.05, 4.69) is 21.2 Å². The summed E-state index contributed by atoms with van der Waals surface area (Å²) in [5, 5.41) is 12.3. The van der Waals surface area contributed by atoms with E-state index in [1.165, 1.54) is 12.1 Å². The molecule has 1 atom stereocenters. The molecule has 5 heteroatoms. The summed E-state index contributed by atoms with van der Waals surface area (Å²) in [4.78, 5) is 11.3. The minimum atomic E-state index is -1.04. The van der Waals surface area contributed by atoms with Gasteiger partial charge in [0.25, 0.3) is 0 Å². The number of carbonyl (C=O) groups is 1. The minimum Gasteiger partial charge on any atom is -0.480 e. The van der Waals surface area contributed by atoms with E-state index in [0.29, 0.717) is 4.47 Å². The molecule has 3 nitrogen and oxygen atoms in total. The van der Waals surface area contributed by atoms with E-state index in [-0.39, 0.29) is 11.6 Å². The molecule has 1 aliphatic rings. The highest BCUT2D eigenvalue weighted by Crippen LogP contribution is 2.25. The molecule has 18 heavy (non-hydrogen) atoms. The maximum atomic E-state index is 13.8. The number of carboxylic acids is 1. The van der Waals surface area contributed by atoms with Crippen LogP contribution in [0.15, 0.2) is 22.7 Å². The molecule has 0 heterocycles. The molecule has 0 spiro atoms. The van der Waals surface area contributed by atoms with E-state index in [4.69, 9.17) is 0 Å². The van der Waals surface area contributed by atoms with E-state index in [1.54, 1.807) is 6.07 Å². The van der Waals surface area contributed by atoms with Crippen LogP contribution < -0.4 is 5.32 Å². The van der Waals surface area contributed by atoms with Gasteiger partial charge in [0.15, 0.2) is 0 Å². The second-order valence-corrected chi connectivity index (χ2v) is 5.50. The van der Waals surface area contributed by atoms with Crippen molar-refractivity contribution in [2.75, 3.05) is 0 Å². The molecule has 1 aliphatic carbocycles. The van der Waals surface area contributed by atoms with Gasteiger partial charge in [-0.15, -0.1) is 0 Å². The van der Waals surface area contributed by atoms with Crippen molar-refractivity contribution >= 4 is 21.9 Å². The van der Waals surface area contributed by atoms with Crippen molar-refractivity contribution in [3.63, 3.8) is 0 Å². The Morgan fingerprint density at radius 2 is 2.11 bits per heavy atom. The van der Waals surface area contributed by atoms with Crippen LogP contribution in [0.3, 0.4) is 0 Å². The summed E-state index contributed by atoms with van der Waals surface area (Å²) >= 11 is 3.16. The molecule has 0 aromatic heterocycles. The summed E-state index contributed by atoms with van der Waals surface area (Å²) in [6.45, 7) is 0. The van der Waals surface area contributed by atoms with E-state index in [0.717, 1.165) is 25.7 Å². The largest absolute Gasteiger partial charge is 0.480 e. The van der Waals surface area contributed by atoms with Gasteiger partial charge in [-0.2, -0.15) is 0 Å². The third-order valence-corrected chi connectivity index (χ3v) is 3.77. The Bertz CT molecular complexity index is 447. The minimum absolute atomic E-state index is 0.175. The van der Waals surface area contributed by atoms with Crippen LogP contribution in [0.5, 0.6) is 0 Å². The fourth-order valence-corrected chi connectivity index (χ4v) is 2.69. The van der Waals surface area contributed by atoms with Crippen LogP contribution in [-0.2, 0) is 4.79 Å². The molecule has 2 rings (SSSR count). The summed E-state index contributed by atoms with van der Waals surface area (Å²) in [6, 6.07) is 3.67. The molecule has 0 radical (unpaired) electrons. The third kappa shape index (κ3) is 3.09. The molecular weight excluding hydrogens is 301 g/mol. The fourth-order valence-electron chi connectivity index (χ4n) is 2.36. The molecule has 1 aromatic carbocycles. The van der Waals surface area contributed by atoms with Crippen molar-refractivity contribution in [2.24, 2.45) is 0 Å². The van der Waals surface area contributed by atoms with Gasteiger partial charge in [-0.05, 0) is 25.0 Å². The van der Waals surface area contributed by atoms with E-state index < -0.39 is 17.8 Å². The highest BCUT2D eigenvalue weighted by Gasteiger charge is 2.27. The van der Waals surface area contributed by atoms with Crippen LogP contribution >= 0.6 is 15.9 Å². The van der Waals surface area contributed by atoms with Crippen molar-refractivity contribution < 1.29 is 14.3 Å². The normalized spacial score (nSPS) is 17.9. The molecule has 1 aromatic rings. The molecule has 0 amide bonds. The lowest BCUT2D eigenvalue weighted by Gasteiger charge is -2.20. The average molecular weight is 316 g/mol. The zero-order valence-corrected chi connectivity index (χ0v) is 11.4. The summed E-state index contributed by atoms with van der Waals surface area (Å²) < 4.78 is 14.4. The highest BCUT2D eigenvalue weighted by atomic mass is 79.9. The molecular formula is C13H15BrFNO2. The Balaban J connectivity index is 2.20. The molecule has 0 saturated heterocycles. The monoisotopic (exact) mass is 315 g/mol. The van der Waals surface area contributed by atoms with Crippen molar-refractivity contribution in [3.8, 4) is 0 Å². The molecule has 0 bridgehead atoms. The van der Waals surface area contributed by atoms with Crippen molar-refractivity contribution in [1.29, 1.82) is 0 Å². The van der Waals surface area contributed by atoms with Crippen LogP contribution in [0, 0.1) is 5.82 Å². The molecule has 1 fully saturated rings. The number of carboxylic acid groups (broad SMARTS) is 1. The van der Waals surface area contributed by atoms with Gasteiger partial charge in [0.2, 0.25) is 0 Å². The number of rotatable bonds is 4. The number of hydrogen-bond acceptors (Lipinski definition) is 2. The first kappa shape index (κ1) is 13.5. The van der Waals surface area contributed by atoms with Crippen molar-refractivity contribution in [3.05, 3.63) is 34.1 Å². The smallest absolute Gasteiger partial charge is 0.325 e. The average Bonchev–Trinajstić information content (AvgIpc) is 2.79. The topological polar surface area (TPSA) is 49.3 Å². The summed E-state index contributed by atoms with van der Waals surface area (Å²) in [5.41, 5.74) is 0.192. The lowest BCUT2D eigenvalue weighted by molar-refractivity contribution is -0.140. The van der Waals surface area contributed by atoms with Gasteiger partial charge in [0.1, 0.15) is 11.9 Å². The Morgan fingerprint density at radius 3 is 2.67 bits per heavy atom. The fraction of sp³-hybridized carbons (Fsp3) is 0.462. The first-order valence-electron chi connectivity index (χ1n) is 6.01. The van der Waals surface area contributed by atoms with Gasteiger partial charge in [-0.3, -0.25) is 10.1 Å². The van der Waals surface area contributed by atoms with Gasteiger partial charge < -0.3 is 5.11 Å². The first-order chi connectivity index (χ1) is 8.58. The third-order valence-electron chi connectivity index (χ3n) is 3.28. The van der Waals surface area contributed by atoms with Crippen molar-refractivity contribution in [2.45, 2.75) is 37.8 Å². The highest BCUT2D eigenvalue weighted by molar-refractivity contribution is 9.10. The van der Waals surface area contributed by atoms with Gasteiger partial charge in [0.05, 0.1) is 0 Å². The molecule has 0 aliphatic heterocycles. The van der Waals surface area contributed by atoms with E-state index in [1.807, 2.05) is 0 Å². The van der Waals surface area contributed by atoms with Gasteiger partial charge in [0, 0.05) is 16.1 Å². The SMILES string of the molecule is O=C(O)C(NC1CCCC1)c1ccc(Br)cc1F. The standard InChI is InChI=1S/C13H15BrFNO2/c14-8-5-6-10(11(15)7-8)12(13(17)18)16-9-3-1-2-4-9/h5-7,9,12,16H,1-4H2,(H,17,18). The second kappa shape index (κ2) is 5.80. The first-order valence-corrected chi connectivity index (χ1v) is 6.81. The zero-order valence-electron chi connectivity index (χ0n) is 9.83. The summed E-state index contributed by atoms with van der Waals surface area (Å²) in [6.07, 6.45) is 4.13. The number of hydrogen-bond donors (Lipinski definition) is 2. The Labute approximate surface area is 114 Å². The number of nitrogens with one attached hydrogen (secondary N) is 1. The van der Waals surface area contributed by atoms with E-state index in [9.17, 15) is 14.3 Å². The number of aliphatic carboxylic acids is 1. The summed E-state index contributed by atoms with van der Waals surface area (Å²) in [5.74, 6) is -1.54. The molecule has 1 unspecified atom stereocenters. The molecule has 1 saturated carbocycles. The predicted molar refractivity (Wildman–Crippen MR) is 69.9 cm³/mol. The maximum absolute atomic E-state index is 13.8. The van der Waals surface area contributed by atoms with E-state index >= 15 is 0 Å². The van der Waals surface area contributed by atoms with Crippen LogP contribution in [0.4, 0.5) is 4.39 Å². The lowest BCUT2D eigenvalue weighted by atomic mass is 10.0. The van der Waals surface area contributed by atoms with Crippen molar-refractivity contribution in [1.82, 2.24) is 5.32 Å². The van der Waals surface area contributed by atoms with Crippen LogP contribution in [-0.4, -0.2) is 17.1 Å². The van der Waals surface area contributed by atoms with Crippen LogP contribution in [0.25, 0.3) is 0 Å². The predicted octanol–water partition coefficient (Wildman–Crippen LogP) is 3.25. The quantitative estimate of drug-likeness (QED) is 0.896. The molecule has 98 valence electrons. The molecule has 2 N–H and O–H groups in total. The maximum Gasteiger partial charge on any atom is 0.325 e. The van der Waals surface area contributed by atoms with Crippen LogP contribution in [0.2, 0.25) is 0 Å². The Kier molecular flexibility index (Phi) is 4.35. The number of benzene rings is 1. The Hall–Kier alpha value is -0.940. The Morgan fingerprint density at radius 1 is 1.44 bits per heavy atom. The number of halogens is 2. The van der Waals surface area contributed by atoms with Gasteiger partial charge >= 0.3 is 5.97 Å². The zero-order chi connectivity index (χ0) is 13.1. The second-order valence-electron chi connectivity index (χ2n) is 4.59. The van der Waals surface area contributed by atoms with Gasteiger partial charge in [-0.1, -0.05) is 34.8 Å². The summed E-state index contributed by atoms with van der Waals surface area (Å²) in [7, 11) is 0.